The van der Waals surface area contributed by atoms with E-state index in [2.05, 4.69) is 9.97 Å². The fourth-order valence-electron chi connectivity index (χ4n) is 3.58. The van der Waals surface area contributed by atoms with Gasteiger partial charge in [0.05, 0.1) is 17.3 Å². The average Bonchev–Trinajstić information content (AvgIpc) is 3.20. The highest BCUT2D eigenvalue weighted by Gasteiger charge is 2.44. The predicted octanol–water partition coefficient (Wildman–Crippen LogP) is 1.86. The van der Waals surface area contributed by atoms with Crippen LogP contribution in [0.4, 0.5) is 4.39 Å². The van der Waals surface area contributed by atoms with E-state index in [9.17, 15) is 14.6 Å². The van der Waals surface area contributed by atoms with Crippen LogP contribution in [0.1, 0.15) is 23.7 Å². The van der Waals surface area contributed by atoms with E-state index in [1.807, 2.05) is 19.1 Å². The van der Waals surface area contributed by atoms with E-state index >= 15 is 0 Å². The lowest BCUT2D eigenvalue weighted by Gasteiger charge is -2.19. The Kier molecular flexibility index (Phi) is 4.26. The smallest absolute Gasteiger partial charge is 0.143 e. The first-order chi connectivity index (χ1) is 13.0. The van der Waals surface area contributed by atoms with E-state index < -0.39 is 30.2 Å². The minimum Gasteiger partial charge on any atom is -0.486 e. The number of aliphatic hydroxyl groups excluding tert-OH is 2. The summed E-state index contributed by atoms with van der Waals surface area (Å²) in [6.45, 7) is 1.87. The normalized spacial score (nSPS) is 24.9. The number of rotatable bonds is 3. The van der Waals surface area contributed by atoms with E-state index in [1.165, 1.54) is 18.5 Å². The molecule has 2 aromatic heterocycles. The van der Waals surface area contributed by atoms with E-state index in [4.69, 9.17) is 10.00 Å². The number of ether oxygens (including phenoxy) is 1. The Morgan fingerprint density at radius 1 is 1.26 bits per heavy atom. The Balaban J connectivity index is 1.63. The van der Waals surface area contributed by atoms with Crippen LogP contribution in [0.3, 0.4) is 0 Å². The third-order valence-electron chi connectivity index (χ3n) is 5.01. The predicted molar refractivity (Wildman–Crippen MR) is 93.5 cm³/mol. The van der Waals surface area contributed by atoms with Crippen molar-refractivity contribution < 1.29 is 19.3 Å². The number of aliphatic hydroxyl groups is 2. The second kappa shape index (κ2) is 6.61. The molecule has 1 saturated carbocycles. The number of aryl methyl sites for hydroxylation is 1. The van der Waals surface area contributed by atoms with Gasteiger partial charge < -0.3 is 19.5 Å². The maximum Gasteiger partial charge on any atom is 0.143 e. The summed E-state index contributed by atoms with van der Waals surface area (Å²) in [4.78, 5) is 8.44. The fraction of sp³-hybridized carbons (Fsp3) is 0.316. The van der Waals surface area contributed by atoms with Crippen LogP contribution < -0.4 is 4.74 Å². The lowest BCUT2D eigenvalue weighted by molar-refractivity contribution is -0.0164. The monoisotopic (exact) mass is 368 g/mol. The van der Waals surface area contributed by atoms with Gasteiger partial charge in [-0.3, -0.25) is 0 Å². The Hall–Kier alpha value is -3.02. The quantitative estimate of drug-likeness (QED) is 0.731. The van der Waals surface area contributed by atoms with Gasteiger partial charge in [-0.15, -0.1) is 0 Å². The molecule has 8 heteroatoms. The molecular formula is C19H17FN4O3. The molecule has 0 amide bonds. The number of fused-ring (bicyclic) bond motifs is 1. The molecule has 1 aliphatic carbocycles. The van der Waals surface area contributed by atoms with Gasteiger partial charge in [0.1, 0.15) is 47.9 Å². The van der Waals surface area contributed by atoms with Gasteiger partial charge in [-0.05, 0) is 31.2 Å². The Morgan fingerprint density at radius 3 is 2.85 bits per heavy atom. The van der Waals surface area contributed by atoms with Crippen LogP contribution in [0.25, 0.3) is 11.0 Å². The number of nitrogens with zero attached hydrogens (tertiary/aromatic N) is 4. The molecule has 3 unspecified atom stereocenters. The molecular weight excluding hydrogens is 351 g/mol. The first-order valence-electron chi connectivity index (χ1n) is 8.50. The van der Waals surface area contributed by atoms with Crippen molar-refractivity contribution >= 4 is 11.0 Å². The van der Waals surface area contributed by atoms with Gasteiger partial charge in [-0.1, -0.05) is 0 Å². The van der Waals surface area contributed by atoms with Crippen molar-refractivity contribution in [3.63, 3.8) is 0 Å². The molecule has 2 N–H and O–H groups in total. The van der Waals surface area contributed by atoms with Gasteiger partial charge >= 0.3 is 0 Å². The molecule has 0 aliphatic heterocycles. The van der Waals surface area contributed by atoms with E-state index in [0.29, 0.717) is 12.1 Å². The average molecular weight is 368 g/mol. The molecule has 138 valence electrons. The molecule has 3 aromatic rings. The van der Waals surface area contributed by atoms with Gasteiger partial charge in [0.25, 0.3) is 0 Å². The number of hydrogen-bond donors (Lipinski definition) is 2. The summed E-state index contributed by atoms with van der Waals surface area (Å²) in [5.41, 5.74) is 1.53. The van der Waals surface area contributed by atoms with Gasteiger partial charge in [0.15, 0.2) is 0 Å². The highest BCUT2D eigenvalue weighted by atomic mass is 19.1. The van der Waals surface area contributed by atoms with Crippen molar-refractivity contribution in [3.05, 3.63) is 53.9 Å². The highest BCUT2D eigenvalue weighted by Crippen LogP contribution is 2.36. The summed E-state index contributed by atoms with van der Waals surface area (Å²) in [5, 5.41) is 31.0. The van der Waals surface area contributed by atoms with Crippen LogP contribution in [-0.2, 0) is 0 Å². The van der Waals surface area contributed by atoms with E-state index in [1.54, 1.807) is 10.8 Å². The van der Waals surface area contributed by atoms with Crippen molar-refractivity contribution in [1.29, 1.82) is 5.26 Å². The topological polar surface area (TPSA) is 104 Å². The zero-order valence-corrected chi connectivity index (χ0v) is 14.5. The Bertz CT molecular complexity index is 1050. The maximum absolute atomic E-state index is 13.3. The van der Waals surface area contributed by atoms with Crippen LogP contribution in [0.5, 0.6) is 5.75 Å². The minimum absolute atomic E-state index is 0.0370. The first kappa shape index (κ1) is 17.4. The third-order valence-corrected chi connectivity index (χ3v) is 5.01. The standard InChI is InChI=1S/C19H17FN4O3/c1-10-13-4-5-24(19(13)23-9-22-10)14-7-16(18(26)17(14)25)27-15-3-2-12(20)6-11(15)8-21/h2-6,9,14,16-18,25-26H,7H2,1H3/t14-,16?,17?,18?/m0/s1. The second-order valence-corrected chi connectivity index (χ2v) is 6.61. The Labute approximate surface area is 154 Å². The summed E-state index contributed by atoms with van der Waals surface area (Å²) >= 11 is 0. The highest BCUT2D eigenvalue weighted by molar-refractivity contribution is 5.78. The summed E-state index contributed by atoms with van der Waals surface area (Å²) < 4.78 is 20.9. The van der Waals surface area contributed by atoms with Gasteiger partial charge in [0, 0.05) is 18.0 Å². The number of nitriles is 1. The zero-order chi connectivity index (χ0) is 19.1. The molecule has 0 spiro atoms. The lowest BCUT2D eigenvalue weighted by atomic mass is 10.2. The van der Waals surface area contributed by atoms with E-state index in [-0.39, 0.29) is 11.3 Å². The number of benzene rings is 1. The number of halogens is 1. The molecule has 4 rings (SSSR count). The molecule has 1 aliphatic rings. The van der Waals surface area contributed by atoms with Crippen molar-refractivity contribution in [2.24, 2.45) is 0 Å². The molecule has 27 heavy (non-hydrogen) atoms. The van der Waals surface area contributed by atoms with Crippen molar-refractivity contribution in [2.45, 2.75) is 37.7 Å². The summed E-state index contributed by atoms with van der Waals surface area (Å²) in [6.07, 6.45) is 0.574. The summed E-state index contributed by atoms with van der Waals surface area (Å²) in [6, 6.07) is 6.89. The largest absolute Gasteiger partial charge is 0.486 e. The second-order valence-electron chi connectivity index (χ2n) is 6.61. The fourth-order valence-corrected chi connectivity index (χ4v) is 3.58. The first-order valence-corrected chi connectivity index (χ1v) is 8.50. The summed E-state index contributed by atoms with van der Waals surface area (Å²) in [5.74, 6) is -0.371. The SMILES string of the molecule is Cc1ncnc2c1ccn2[C@H]1CC(Oc2ccc(F)cc2C#N)C(O)C1O. The molecule has 0 radical (unpaired) electrons. The van der Waals surface area contributed by atoms with Crippen LogP contribution in [-0.4, -0.2) is 43.1 Å². The van der Waals surface area contributed by atoms with Crippen LogP contribution in [0, 0.1) is 24.1 Å². The van der Waals surface area contributed by atoms with Crippen molar-refractivity contribution in [1.82, 2.24) is 14.5 Å². The molecule has 4 atom stereocenters. The van der Waals surface area contributed by atoms with Gasteiger partial charge in [-0.25, -0.2) is 14.4 Å². The molecule has 1 aromatic carbocycles. The molecule has 1 fully saturated rings. The van der Waals surface area contributed by atoms with Crippen molar-refractivity contribution in [3.8, 4) is 11.8 Å². The third kappa shape index (κ3) is 2.91. The molecule has 0 bridgehead atoms. The van der Waals surface area contributed by atoms with Gasteiger partial charge in [0.2, 0.25) is 0 Å². The van der Waals surface area contributed by atoms with Gasteiger partial charge in [-0.2, -0.15) is 5.26 Å². The summed E-state index contributed by atoms with van der Waals surface area (Å²) in [7, 11) is 0. The molecule has 0 saturated heterocycles. The van der Waals surface area contributed by atoms with Crippen LogP contribution >= 0.6 is 0 Å². The van der Waals surface area contributed by atoms with Crippen molar-refractivity contribution in [2.75, 3.05) is 0 Å². The minimum atomic E-state index is -1.16. The number of hydrogen-bond acceptors (Lipinski definition) is 6. The van der Waals surface area contributed by atoms with Crippen LogP contribution in [0.2, 0.25) is 0 Å². The lowest BCUT2D eigenvalue weighted by Crippen LogP contribution is -2.34. The molecule has 2 heterocycles. The van der Waals surface area contributed by atoms with E-state index in [0.717, 1.165) is 17.1 Å². The van der Waals surface area contributed by atoms with Crippen LogP contribution in [0.15, 0.2) is 36.8 Å². The zero-order valence-electron chi connectivity index (χ0n) is 14.5. The molecule has 7 nitrogen and oxygen atoms in total. The number of aromatic nitrogens is 3. The Morgan fingerprint density at radius 2 is 2.07 bits per heavy atom. The maximum atomic E-state index is 13.3.